The van der Waals surface area contributed by atoms with E-state index in [1.165, 1.54) is 0 Å². The molecule has 2 rings (SSSR count). The molecule has 0 fully saturated rings. The molecule has 0 N–H and O–H groups in total. The van der Waals surface area contributed by atoms with E-state index < -0.39 is 0 Å². The molecule has 0 aromatic heterocycles. The van der Waals surface area contributed by atoms with Crippen molar-refractivity contribution in [3.63, 3.8) is 0 Å². The van der Waals surface area contributed by atoms with Crippen molar-refractivity contribution in [2.24, 2.45) is 0 Å². The molecule has 0 atom stereocenters. The van der Waals surface area contributed by atoms with Gasteiger partial charge in [-0.1, -0.05) is 42.5 Å². The lowest BCUT2D eigenvalue weighted by molar-refractivity contribution is -0.144. The zero-order valence-electron chi connectivity index (χ0n) is 9.91. The van der Waals surface area contributed by atoms with Crippen LogP contribution >= 0.6 is 0 Å². The van der Waals surface area contributed by atoms with Crippen molar-refractivity contribution < 1.29 is 14.3 Å². The van der Waals surface area contributed by atoms with Gasteiger partial charge in [0, 0.05) is 0 Å². The van der Waals surface area contributed by atoms with E-state index in [1.54, 1.807) is 18.4 Å². The Morgan fingerprint density at radius 1 is 1.11 bits per heavy atom. The Bertz CT molecular complexity index is 484. The van der Waals surface area contributed by atoms with Crippen LogP contribution in [0, 0.1) is 0 Å². The first kappa shape index (κ1) is 12.2. The lowest BCUT2D eigenvalue weighted by Crippen LogP contribution is -2.06. The molecule has 0 amide bonds. The van der Waals surface area contributed by atoms with Crippen molar-refractivity contribution in [2.75, 3.05) is 0 Å². The summed E-state index contributed by atoms with van der Waals surface area (Å²) in [5, 5.41) is 0. The molecule has 1 aromatic carbocycles. The van der Waals surface area contributed by atoms with Gasteiger partial charge in [0.2, 0.25) is 0 Å². The Hall–Kier alpha value is -2.29. The first-order valence-corrected chi connectivity index (χ1v) is 5.73. The predicted octanol–water partition coefficient (Wildman–Crippen LogP) is 3.10. The summed E-state index contributed by atoms with van der Waals surface area (Å²) in [5.41, 5.74) is 0.974. The SMILES string of the molecule is O=C(CC1=CC=CC=CO1)OCc1ccccc1. The predicted molar refractivity (Wildman–Crippen MR) is 68.3 cm³/mol. The van der Waals surface area contributed by atoms with E-state index >= 15 is 0 Å². The monoisotopic (exact) mass is 242 g/mol. The molecular weight excluding hydrogens is 228 g/mol. The fraction of sp³-hybridized carbons (Fsp3) is 0.133. The fourth-order valence-electron chi connectivity index (χ4n) is 1.47. The maximum absolute atomic E-state index is 11.6. The Morgan fingerprint density at radius 2 is 1.94 bits per heavy atom. The van der Waals surface area contributed by atoms with Gasteiger partial charge in [-0.25, -0.2) is 0 Å². The van der Waals surface area contributed by atoms with Crippen LogP contribution in [0.2, 0.25) is 0 Å². The smallest absolute Gasteiger partial charge is 0.313 e. The number of benzene rings is 1. The quantitative estimate of drug-likeness (QED) is 0.761. The second-order valence-corrected chi connectivity index (χ2v) is 3.79. The molecule has 0 saturated carbocycles. The van der Waals surface area contributed by atoms with E-state index in [0.29, 0.717) is 12.4 Å². The molecule has 0 saturated heterocycles. The zero-order valence-corrected chi connectivity index (χ0v) is 9.91. The lowest BCUT2D eigenvalue weighted by Gasteiger charge is -2.06. The summed E-state index contributed by atoms with van der Waals surface area (Å²) >= 11 is 0. The highest BCUT2D eigenvalue weighted by Gasteiger charge is 2.08. The third-order valence-electron chi connectivity index (χ3n) is 2.36. The Balaban J connectivity index is 1.80. The van der Waals surface area contributed by atoms with Crippen LogP contribution in [0.15, 0.2) is 66.7 Å². The molecule has 1 heterocycles. The normalized spacial score (nSPS) is 13.4. The molecule has 0 bridgehead atoms. The van der Waals surface area contributed by atoms with Crippen molar-refractivity contribution >= 4 is 5.97 Å². The number of ether oxygens (including phenoxy) is 2. The van der Waals surface area contributed by atoms with Crippen LogP contribution in [-0.4, -0.2) is 5.97 Å². The first-order chi connectivity index (χ1) is 8.84. The average molecular weight is 242 g/mol. The van der Waals surface area contributed by atoms with Gasteiger partial charge < -0.3 is 9.47 Å². The summed E-state index contributed by atoms with van der Waals surface area (Å²) in [4.78, 5) is 11.6. The van der Waals surface area contributed by atoms with Crippen LogP contribution in [-0.2, 0) is 20.9 Å². The number of carbonyl (C=O) groups excluding carboxylic acids is 1. The van der Waals surface area contributed by atoms with Gasteiger partial charge in [-0.3, -0.25) is 4.79 Å². The summed E-state index contributed by atoms with van der Waals surface area (Å²) in [6.45, 7) is 0.290. The lowest BCUT2D eigenvalue weighted by atomic mass is 10.2. The highest BCUT2D eigenvalue weighted by Crippen LogP contribution is 2.10. The van der Waals surface area contributed by atoms with E-state index in [9.17, 15) is 4.79 Å². The number of esters is 1. The average Bonchev–Trinajstić information content (AvgIpc) is 2.66. The van der Waals surface area contributed by atoms with Crippen LogP contribution in [0.3, 0.4) is 0 Å². The molecule has 3 nitrogen and oxygen atoms in total. The van der Waals surface area contributed by atoms with Gasteiger partial charge in [-0.15, -0.1) is 0 Å². The van der Waals surface area contributed by atoms with E-state index in [2.05, 4.69) is 0 Å². The summed E-state index contributed by atoms with van der Waals surface area (Å²) in [5.74, 6) is 0.284. The largest absolute Gasteiger partial charge is 0.469 e. The summed E-state index contributed by atoms with van der Waals surface area (Å²) in [6.07, 6.45) is 8.86. The molecule has 18 heavy (non-hydrogen) atoms. The van der Waals surface area contributed by atoms with Crippen molar-refractivity contribution in [3.05, 3.63) is 72.2 Å². The van der Waals surface area contributed by atoms with Gasteiger partial charge in [-0.05, 0) is 17.7 Å². The van der Waals surface area contributed by atoms with E-state index in [1.807, 2.05) is 42.5 Å². The molecule has 1 aliphatic heterocycles. The summed E-state index contributed by atoms with van der Waals surface area (Å²) < 4.78 is 10.4. The second-order valence-electron chi connectivity index (χ2n) is 3.79. The zero-order chi connectivity index (χ0) is 12.6. The molecule has 0 spiro atoms. The Kier molecular flexibility index (Phi) is 4.36. The number of rotatable bonds is 4. The van der Waals surface area contributed by atoms with Gasteiger partial charge in [0.1, 0.15) is 18.8 Å². The third kappa shape index (κ3) is 3.94. The highest BCUT2D eigenvalue weighted by atomic mass is 16.5. The molecule has 1 aromatic rings. The molecule has 1 aliphatic rings. The standard InChI is InChI=1S/C15H14O3/c16-15(11-14-9-5-2-6-10-17-14)18-12-13-7-3-1-4-8-13/h1-10H,11-12H2. The molecular formula is C15H14O3. The fourth-order valence-corrected chi connectivity index (χ4v) is 1.47. The Labute approximate surface area is 106 Å². The number of hydrogen-bond acceptors (Lipinski definition) is 3. The van der Waals surface area contributed by atoms with Gasteiger partial charge in [-0.2, -0.15) is 0 Å². The number of allylic oxidation sites excluding steroid dienone is 4. The first-order valence-electron chi connectivity index (χ1n) is 5.73. The molecule has 3 heteroatoms. The van der Waals surface area contributed by atoms with E-state index in [4.69, 9.17) is 9.47 Å². The minimum absolute atomic E-state index is 0.140. The number of hydrogen-bond donors (Lipinski definition) is 0. The molecule has 0 aliphatic carbocycles. The molecule has 0 unspecified atom stereocenters. The highest BCUT2D eigenvalue weighted by molar-refractivity contribution is 5.72. The molecule has 0 radical (unpaired) electrons. The third-order valence-corrected chi connectivity index (χ3v) is 2.36. The van der Waals surface area contributed by atoms with Gasteiger partial charge >= 0.3 is 5.97 Å². The minimum Gasteiger partial charge on any atom is -0.469 e. The second kappa shape index (κ2) is 6.45. The van der Waals surface area contributed by atoms with E-state index in [0.717, 1.165) is 5.56 Å². The van der Waals surface area contributed by atoms with Crippen LogP contribution in [0.5, 0.6) is 0 Å². The van der Waals surface area contributed by atoms with Crippen molar-refractivity contribution in [3.8, 4) is 0 Å². The summed E-state index contributed by atoms with van der Waals surface area (Å²) in [6, 6.07) is 9.58. The van der Waals surface area contributed by atoms with Gasteiger partial charge in [0.15, 0.2) is 0 Å². The van der Waals surface area contributed by atoms with Crippen LogP contribution in [0.4, 0.5) is 0 Å². The van der Waals surface area contributed by atoms with Gasteiger partial charge in [0.25, 0.3) is 0 Å². The Morgan fingerprint density at radius 3 is 2.78 bits per heavy atom. The van der Waals surface area contributed by atoms with Crippen molar-refractivity contribution in [1.29, 1.82) is 0 Å². The molecule has 92 valence electrons. The van der Waals surface area contributed by atoms with Crippen molar-refractivity contribution in [1.82, 2.24) is 0 Å². The van der Waals surface area contributed by atoms with Crippen LogP contribution in [0.25, 0.3) is 0 Å². The minimum atomic E-state index is -0.297. The summed E-state index contributed by atoms with van der Waals surface area (Å²) in [7, 11) is 0. The van der Waals surface area contributed by atoms with E-state index in [-0.39, 0.29) is 12.4 Å². The topological polar surface area (TPSA) is 35.5 Å². The number of carbonyl (C=O) groups is 1. The van der Waals surface area contributed by atoms with Crippen LogP contribution in [0.1, 0.15) is 12.0 Å². The van der Waals surface area contributed by atoms with Crippen LogP contribution < -0.4 is 0 Å². The van der Waals surface area contributed by atoms with Crippen molar-refractivity contribution in [2.45, 2.75) is 13.0 Å². The maximum atomic E-state index is 11.6. The van der Waals surface area contributed by atoms with Gasteiger partial charge in [0.05, 0.1) is 6.26 Å². The maximum Gasteiger partial charge on any atom is 0.313 e.